The van der Waals surface area contributed by atoms with Gasteiger partial charge < -0.3 is 44.4 Å². The fraction of sp³-hybridized carbons (Fsp3) is 0.682. The van der Waals surface area contributed by atoms with Crippen LogP contribution in [0.4, 0.5) is 10.5 Å². The maximum absolute atomic E-state index is 14.8. The minimum atomic E-state index is -1.70. The number of unbranched alkanes of at least 4 members (excludes halogenated alkanes) is 2. The summed E-state index contributed by atoms with van der Waals surface area (Å²) in [4.78, 5) is 128. The molecule has 87 heavy (non-hydrogen) atoms. The smallest absolute Gasteiger partial charge is 0.410 e. The number of likely N-dealkylation sites (tertiary alicyclic amines) is 2. The highest BCUT2D eigenvalue weighted by atomic mass is 32.2. The molecule has 4 rings (SSSR count). The highest BCUT2D eigenvalue weighted by Crippen LogP contribution is 2.33. The zero-order chi connectivity index (χ0) is 64.8. The summed E-state index contributed by atoms with van der Waals surface area (Å²) in [5.74, 6) is -5.38. The van der Waals surface area contributed by atoms with E-state index < -0.39 is 78.1 Å². The number of likely N-dealkylation sites (N-methyl/N-ethyl adjacent to an activating group) is 2. The van der Waals surface area contributed by atoms with Gasteiger partial charge in [0.25, 0.3) is 0 Å². The van der Waals surface area contributed by atoms with Crippen LogP contribution in [0.1, 0.15) is 144 Å². The van der Waals surface area contributed by atoms with Crippen LogP contribution < -0.4 is 10.6 Å². The molecule has 486 valence electrons. The number of aliphatic hydroxyl groups excluding tert-OH is 1. The van der Waals surface area contributed by atoms with Gasteiger partial charge in [0.05, 0.1) is 54.7 Å². The molecular formula is C66H102N6O14S. The Balaban J connectivity index is 1.32. The number of amides is 5. The number of thioether (sulfide) groups is 1. The highest BCUT2D eigenvalue weighted by Gasteiger charge is 2.44. The number of nitrogens with zero attached hydrogens (tertiary/aromatic N) is 4. The predicted molar refractivity (Wildman–Crippen MR) is 336 cm³/mol. The van der Waals surface area contributed by atoms with Crippen molar-refractivity contribution in [2.75, 3.05) is 59.6 Å². The van der Waals surface area contributed by atoms with Crippen LogP contribution in [-0.4, -0.2) is 185 Å². The number of rotatable bonds is 39. The highest BCUT2D eigenvalue weighted by molar-refractivity contribution is 8.00. The molecule has 0 aromatic heterocycles. The lowest BCUT2D eigenvalue weighted by Gasteiger charge is -2.41. The van der Waals surface area contributed by atoms with E-state index in [4.69, 9.17) is 14.2 Å². The Morgan fingerprint density at radius 1 is 0.782 bits per heavy atom. The number of aliphatic hydroxyl groups is 2. The van der Waals surface area contributed by atoms with Gasteiger partial charge in [0.15, 0.2) is 17.9 Å². The Kier molecular flexibility index (Phi) is 30.7. The van der Waals surface area contributed by atoms with Crippen molar-refractivity contribution in [1.29, 1.82) is 0 Å². The molecule has 21 heteroatoms. The number of carbonyl (C=O) groups is 9. The number of carbonyl (C=O) groups excluding carboxylic acids is 9. The Hall–Kier alpha value is -5.58. The van der Waals surface area contributed by atoms with Crippen molar-refractivity contribution < 1.29 is 67.6 Å². The molecule has 2 aliphatic heterocycles. The molecule has 2 saturated heterocycles. The van der Waals surface area contributed by atoms with E-state index in [0.29, 0.717) is 69.3 Å². The molecule has 20 nitrogen and oxygen atoms in total. The summed E-state index contributed by atoms with van der Waals surface area (Å²) in [5.41, 5.74) is 2.27. The molecule has 2 aromatic rings. The maximum Gasteiger partial charge on any atom is 0.410 e. The first-order valence-corrected chi connectivity index (χ1v) is 32.5. The summed E-state index contributed by atoms with van der Waals surface area (Å²) in [6, 6.07) is 13.9. The van der Waals surface area contributed by atoms with Crippen LogP contribution in [0.5, 0.6) is 0 Å². The first kappa shape index (κ1) is 73.9. The number of imide groups is 1. The van der Waals surface area contributed by atoms with E-state index in [0.717, 1.165) is 5.56 Å². The third-order valence-electron chi connectivity index (χ3n) is 17.7. The van der Waals surface area contributed by atoms with Crippen LogP contribution in [0.25, 0.3) is 0 Å². The predicted octanol–water partition coefficient (Wildman–Crippen LogP) is 7.73. The minimum Gasteiger partial charge on any atom is -0.445 e. The average Bonchev–Trinajstić information content (AvgIpc) is 2.65. The molecule has 0 spiro atoms. The summed E-state index contributed by atoms with van der Waals surface area (Å²) in [5, 5.41) is 26.6. The first-order valence-electron chi connectivity index (χ1n) is 31.2. The van der Waals surface area contributed by atoms with Crippen molar-refractivity contribution in [3.8, 4) is 0 Å². The van der Waals surface area contributed by atoms with E-state index in [-0.39, 0.29) is 109 Å². The van der Waals surface area contributed by atoms with E-state index in [2.05, 4.69) is 10.6 Å². The van der Waals surface area contributed by atoms with Crippen LogP contribution in [0.2, 0.25) is 0 Å². The Bertz CT molecular complexity index is 2570. The van der Waals surface area contributed by atoms with Gasteiger partial charge in [0.2, 0.25) is 29.4 Å². The van der Waals surface area contributed by atoms with E-state index >= 15 is 0 Å². The number of nitrogens with one attached hydrogen (secondary N) is 2. The molecule has 2 aromatic carbocycles. The fourth-order valence-corrected chi connectivity index (χ4v) is 12.9. The molecule has 0 radical (unpaired) electrons. The normalized spacial score (nSPS) is 18.5. The molecule has 0 saturated carbocycles. The SMILES string of the molecule is CC[C@H](C)[C@@H]([C@@H](CC(=O)N1CCC[C@H]1[C@H](OC)[C@@H](C)C(=O)C[C@@H](Cc1ccccc1)C(O)O)OC)N(C)C(=O)[C@@H](CC(=O)[C@H](C(C)C)N(C)C(=O)OCc1ccc(NCN[C@H](C(=O)C(=O)CCCCCN2C(=O)CC(SC)C2=O)C(C)C)cc1)C(C)C. The molecular weight excluding hydrogens is 1130 g/mol. The Morgan fingerprint density at radius 2 is 1.45 bits per heavy atom. The van der Waals surface area contributed by atoms with Gasteiger partial charge in [0.1, 0.15) is 12.4 Å². The second-order valence-corrected chi connectivity index (χ2v) is 25.9. The fourth-order valence-electron chi connectivity index (χ4n) is 12.3. The van der Waals surface area contributed by atoms with Crippen molar-refractivity contribution in [2.24, 2.45) is 41.4 Å². The molecule has 1 unspecified atom stereocenters. The van der Waals surface area contributed by atoms with Crippen LogP contribution in [0.3, 0.4) is 0 Å². The van der Waals surface area contributed by atoms with E-state index in [1.807, 2.05) is 92.0 Å². The second-order valence-electron chi connectivity index (χ2n) is 24.9. The molecule has 5 amide bonds. The van der Waals surface area contributed by atoms with Gasteiger partial charge in [-0.15, -0.1) is 0 Å². The Morgan fingerprint density at radius 3 is 2.01 bits per heavy atom. The molecule has 11 atom stereocenters. The summed E-state index contributed by atoms with van der Waals surface area (Å²) in [7, 11) is 6.24. The largest absolute Gasteiger partial charge is 0.445 e. The lowest BCUT2D eigenvalue weighted by atomic mass is 9.83. The number of anilines is 1. The van der Waals surface area contributed by atoms with Gasteiger partial charge in [-0.25, -0.2) is 4.79 Å². The third kappa shape index (κ3) is 21.0. The van der Waals surface area contributed by atoms with Gasteiger partial charge in [-0.2, -0.15) is 11.8 Å². The lowest BCUT2D eigenvalue weighted by molar-refractivity contribution is -0.149. The lowest BCUT2D eigenvalue weighted by Crippen LogP contribution is -2.54. The second kappa shape index (κ2) is 36.2. The number of benzene rings is 2. The van der Waals surface area contributed by atoms with Gasteiger partial charge in [-0.05, 0) is 85.3 Å². The van der Waals surface area contributed by atoms with Crippen LogP contribution >= 0.6 is 11.8 Å². The molecule has 2 heterocycles. The standard InChI is InChI=1S/C66H102N6O14S/c1-15-43(8)60(54(84-12)36-56(76)71-32-22-25-50(71)62(85-13)44(9)52(74)34-47(65(81)82)33-45-23-18-16-19-24-45)69(10)63(79)49(40(2)3)35-53(75)59(42(6)7)70(11)66(83)86-38-46-27-29-48(30-28-46)67-39-68-58(41(4)5)61(78)51(73)26-20-17-21-31-72-57(77)37-55(87-14)64(72)80/h16,18-19,23-24,27-30,40-44,47,49-50,54-55,58-60,62,65,67-68,81-82H,15,17,20-22,25-26,31-39H2,1-14H3/t43-,44-,47+,49-,50-,54+,55?,58-,59-,60-,62+/m0/s1. The van der Waals surface area contributed by atoms with E-state index in [9.17, 15) is 53.4 Å². The van der Waals surface area contributed by atoms with Gasteiger partial charge in [-0.3, -0.25) is 48.6 Å². The van der Waals surface area contributed by atoms with Crippen LogP contribution in [-0.2, 0) is 65.6 Å². The number of Topliss-reactive ketones (excluding diaryl/α,β-unsaturated/α-hetero) is 4. The Labute approximate surface area is 521 Å². The van der Waals surface area contributed by atoms with Gasteiger partial charge >= 0.3 is 6.09 Å². The number of hydrogen-bond donors (Lipinski definition) is 4. The average molecular weight is 1240 g/mol. The quantitative estimate of drug-likeness (QED) is 0.0216. The van der Waals surface area contributed by atoms with E-state index in [1.54, 1.807) is 48.0 Å². The summed E-state index contributed by atoms with van der Waals surface area (Å²) in [6.07, 6.45) is 1.88. The summed E-state index contributed by atoms with van der Waals surface area (Å²) >= 11 is 1.37. The molecule has 4 N–H and O–H groups in total. The van der Waals surface area contributed by atoms with Gasteiger partial charge in [0, 0.05) is 90.5 Å². The van der Waals surface area contributed by atoms with Crippen LogP contribution in [0.15, 0.2) is 54.6 Å². The monoisotopic (exact) mass is 1230 g/mol. The molecule has 2 aliphatic rings. The van der Waals surface area contributed by atoms with Crippen molar-refractivity contribution in [3.63, 3.8) is 0 Å². The van der Waals surface area contributed by atoms with E-state index in [1.165, 1.54) is 42.8 Å². The topological polar surface area (TPSA) is 259 Å². The first-order chi connectivity index (χ1) is 41.2. The maximum atomic E-state index is 14.8. The number of methoxy groups -OCH3 is 2. The van der Waals surface area contributed by atoms with Crippen molar-refractivity contribution in [2.45, 2.75) is 194 Å². The zero-order valence-electron chi connectivity index (χ0n) is 54.2. The summed E-state index contributed by atoms with van der Waals surface area (Å²) in [6.45, 7) is 17.8. The van der Waals surface area contributed by atoms with Crippen LogP contribution in [0, 0.1) is 41.4 Å². The minimum absolute atomic E-state index is 0.0622. The number of ether oxygens (including phenoxy) is 3. The number of hydrogen-bond acceptors (Lipinski definition) is 17. The number of ketones is 4. The van der Waals surface area contributed by atoms with Gasteiger partial charge in [-0.1, -0.05) is 118 Å². The third-order valence-corrected chi connectivity index (χ3v) is 18.7. The molecule has 2 fully saturated rings. The summed E-state index contributed by atoms with van der Waals surface area (Å²) < 4.78 is 17.8. The van der Waals surface area contributed by atoms with Crippen molar-refractivity contribution in [1.82, 2.24) is 24.9 Å². The zero-order valence-corrected chi connectivity index (χ0v) is 55.0. The molecule has 0 bridgehead atoms. The van der Waals surface area contributed by atoms with Crippen molar-refractivity contribution in [3.05, 3.63) is 65.7 Å². The molecule has 0 aliphatic carbocycles. The van der Waals surface area contributed by atoms with Crippen molar-refractivity contribution >= 4 is 70.3 Å².